The van der Waals surface area contributed by atoms with Gasteiger partial charge >= 0.3 is 0 Å². The van der Waals surface area contributed by atoms with E-state index in [2.05, 4.69) is 26.5 Å². The third kappa shape index (κ3) is 3.31. The molecule has 1 aliphatic heterocycles. The van der Waals surface area contributed by atoms with Gasteiger partial charge in [0.2, 0.25) is 5.91 Å². The highest BCUT2D eigenvalue weighted by Crippen LogP contribution is 2.25. The smallest absolute Gasteiger partial charge is 0.241 e. The van der Waals surface area contributed by atoms with Crippen molar-refractivity contribution >= 4 is 5.91 Å². The predicted octanol–water partition coefficient (Wildman–Crippen LogP) is 1.25. The summed E-state index contributed by atoms with van der Waals surface area (Å²) < 4.78 is 0. The largest absolute Gasteiger partial charge is 0.337 e. The van der Waals surface area contributed by atoms with Gasteiger partial charge in [0, 0.05) is 19.6 Å². The summed E-state index contributed by atoms with van der Waals surface area (Å²) in [6, 6.07) is 1.78. The quantitative estimate of drug-likeness (QED) is 0.692. The van der Waals surface area contributed by atoms with Crippen molar-refractivity contribution in [2.75, 3.05) is 26.7 Å². The second-order valence-electron chi connectivity index (χ2n) is 5.46. The third-order valence-electron chi connectivity index (χ3n) is 3.06. The Morgan fingerprint density at radius 3 is 2.76 bits per heavy atom. The zero-order valence-electron chi connectivity index (χ0n) is 10.9. The topological polar surface area (TPSA) is 47.3 Å². The minimum Gasteiger partial charge on any atom is -0.337 e. The second kappa shape index (κ2) is 5.33. The monoisotopic (exact) mass is 235 g/mol. The first-order chi connectivity index (χ1) is 7.91. The number of hydrogen-bond acceptors (Lipinski definition) is 3. The fourth-order valence-electron chi connectivity index (χ4n) is 2.47. The van der Waals surface area contributed by atoms with Crippen molar-refractivity contribution in [3.05, 3.63) is 12.7 Å². The normalized spacial score (nSPS) is 25.2. The highest BCUT2D eigenvalue weighted by atomic mass is 16.2. The lowest BCUT2D eigenvalue weighted by Gasteiger charge is -2.29. The SMILES string of the molecule is C=CCN1CC(C)(C)CN(C)C(CC#N)C1=O. The molecule has 4 heteroatoms. The maximum Gasteiger partial charge on any atom is 0.241 e. The van der Waals surface area contributed by atoms with E-state index in [0.29, 0.717) is 13.1 Å². The van der Waals surface area contributed by atoms with Gasteiger partial charge in [-0.25, -0.2) is 0 Å². The first kappa shape index (κ1) is 13.7. The summed E-state index contributed by atoms with van der Waals surface area (Å²) in [4.78, 5) is 16.1. The Morgan fingerprint density at radius 2 is 2.24 bits per heavy atom. The maximum absolute atomic E-state index is 12.3. The molecule has 0 aromatic rings. The van der Waals surface area contributed by atoms with Crippen LogP contribution in [0.2, 0.25) is 0 Å². The summed E-state index contributed by atoms with van der Waals surface area (Å²) in [5.74, 6) is 0.0412. The van der Waals surface area contributed by atoms with Crippen LogP contribution in [-0.4, -0.2) is 48.4 Å². The summed E-state index contributed by atoms with van der Waals surface area (Å²) in [6.07, 6.45) is 1.99. The molecule has 1 unspecified atom stereocenters. The Kier molecular flexibility index (Phi) is 4.30. The molecule has 1 heterocycles. The molecule has 17 heavy (non-hydrogen) atoms. The van der Waals surface area contributed by atoms with E-state index in [9.17, 15) is 4.79 Å². The fourth-order valence-corrected chi connectivity index (χ4v) is 2.47. The van der Waals surface area contributed by atoms with Gasteiger partial charge in [-0.2, -0.15) is 5.26 Å². The number of hydrogen-bond donors (Lipinski definition) is 0. The molecule has 0 spiro atoms. The van der Waals surface area contributed by atoms with Crippen molar-refractivity contribution in [3.8, 4) is 6.07 Å². The number of nitrogens with zero attached hydrogens (tertiary/aromatic N) is 3. The van der Waals surface area contributed by atoms with E-state index in [1.165, 1.54) is 0 Å². The molecule has 4 nitrogen and oxygen atoms in total. The van der Waals surface area contributed by atoms with E-state index in [1.807, 2.05) is 11.9 Å². The van der Waals surface area contributed by atoms with E-state index in [-0.39, 0.29) is 23.8 Å². The van der Waals surface area contributed by atoms with Crippen LogP contribution in [0.25, 0.3) is 0 Å². The minimum atomic E-state index is -0.318. The molecule has 0 saturated carbocycles. The highest BCUT2D eigenvalue weighted by Gasteiger charge is 2.37. The number of carbonyl (C=O) groups excluding carboxylic acids is 1. The molecule has 1 rings (SSSR count). The molecule has 1 aliphatic rings. The van der Waals surface area contributed by atoms with Gasteiger partial charge in [-0.05, 0) is 12.5 Å². The van der Waals surface area contributed by atoms with E-state index in [1.54, 1.807) is 11.0 Å². The average molecular weight is 235 g/mol. The molecule has 0 N–H and O–H groups in total. The predicted molar refractivity (Wildman–Crippen MR) is 67.2 cm³/mol. The van der Waals surface area contributed by atoms with Crippen LogP contribution in [-0.2, 0) is 4.79 Å². The van der Waals surface area contributed by atoms with Crippen LogP contribution < -0.4 is 0 Å². The lowest BCUT2D eigenvalue weighted by Crippen LogP contribution is -2.44. The molecule has 0 bridgehead atoms. The lowest BCUT2D eigenvalue weighted by atomic mass is 9.92. The standard InChI is InChI=1S/C13H21N3O/c1-5-8-16-10-13(2,3)9-15(4)11(6-7-14)12(16)17/h5,11H,1,6,8-10H2,2-4H3. The van der Waals surface area contributed by atoms with Gasteiger partial charge < -0.3 is 4.90 Å². The van der Waals surface area contributed by atoms with Crippen LogP contribution in [0, 0.1) is 16.7 Å². The summed E-state index contributed by atoms with van der Waals surface area (Å²) in [6.45, 7) is 10.1. The van der Waals surface area contributed by atoms with Gasteiger partial charge in [-0.3, -0.25) is 9.69 Å². The Balaban J connectivity index is 2.97. The lowest BCUT2D eigenvalue weighted by molar-refractivity contribution is -0.134. The van der Waals surface area contributed by atoms with Crippen LogP contribution in [0.1, 0.15) is 20.3 Å². The number of nitriles is 1. The molecule has 1 atom stereocenters. The van der Waals surface area contributed by atoms with Crippen molar-refractivity contribution < 1.29 is 4.79 Å². The minimum absolute atomic E-state index is 0.0393. The molecule has 0 aromatic heterocycles. The Bertz CT molecular complexity index is 343. The van der Waals surface area contributed by atoms with E-state index in [4.69, 9.17) is 5.26 Å². The van der Waals surface area contributed by atoms with Gasteiger partial charge in [0.05, 0.1) is 12.5 Å². The molecule has 0 aromatic carbocycles. The molecule has 1 amide bonds. The highest BCUT2D eigenvalue weighted by molar-refractivity contribution is 5.82. The molecule has 0 radical (unpaired) electrons. The van der Waals surface area contributed by atoms with Gasteiger partial charge in [0.25, 0.3) is 0 Å². The number of likely N-dealkylation sites (N-methyl/N-ethyl adjacent to an activating group) is 1. The maximum atomic E-state index is 12.3. The molecule has 1 saturated heterocycles. The molecular weight excluding hydrogens is 214 g/mol. The zero-order chi connectivity index (χ0) is 13.1. The Hall–Kier alpha value is -1.34. The van der Waals surface area contributed by atoms with Crippen LogP contribution in [0.3, 0.4) is 0 Å². The number of rotatable bonds is 3. The summed E-state index contributed by atoms with van der Waals surface area (Å²) in [5, 5.41) is 8.82. The fraction of sp³-hybridized carbons (Fsp3) is 0.692. The Labute approximate surface area is 103 Å². The summed E-state index contributed by atoms with van der Waals surface area (Å²) in [7, 11) is 1.92. The van der Waals surface area contributed by atoms with Crippen LogP contribution in [0.15, 0.2) is 12.7 Å². The summed E-state index contributed by atoms with van der Waals surface area (Å²) in [5.41, 5.74) is 0.0393. The molecule has 94 valence electrons. The van der Waals surface area contributed by atoms with Gasteiger partial charge in [0.1, 0.15) is 6.04 Å². The van der Waals surface area contributed by atoms with Crippen LogP contribution in [0.4, 0.5) is 0 Å². The van der Waals surface area contributed by atoms with E-state index < -0.39 is 0 Å². The van der Waals surface area contributed by atoms with Crippen molar-refractivity contribution in [3.63, 3.8) is 0 Å². The van der Waals surface area contributed by atoms with E-state index in [0.717, 1.165) is 6.54 Å². The first-order valence-corrected chi connectivity index (χ1v) is 5.88. The second-order valence-corrected chi connectivity index (χ2v) is 5.46. The third-order valence-corrected chi connectivity index (χ3v) is 3.06. The van der Waals surface area contributed by atoms with E-state index >= 15 is 0 Å². The molecular formula is C13H21N3O. The zero-order valence-corrected chi connectivity index (χ0v) is 10.9. The van der Waals surface area contributed by atoms with Crippen LogP contribution in [0.5, 0.6) is 0 Å². The van der Waals surface area contributed by atoms with Crippen LogP contribution >= 0.6 is 0 Å². The van der Waals surface area contributed by atoms with Crippen molar-refractivity contribution in [1.82, 2.24) is 9.80 Å². The number of carbonyl (C=O) groups is 1. The average Bonchev–Trinajstić information content (AvgIpc) is 2.29. The first-order valence-electron chi connectivity index (χ1n) is 5.88. The van der Waals surface area contributed by atoms with Crippen molar-refractivity contribution in [2.24, 2.45) is 5.41 Å². The van der Waals surface area contributed by atoms with Gasteiger partial charge in [0.15, 0.2) is 0 Å². The molecule has 0 aliphatic carbocycles. The number of amides is 1. The molecule has 1 fully saturated rings. The van der Waals surface area contributed by atoms with Crippen molar-refractivity contribution in [2.45, 2.75) is 26.3 Å². The Morgan fingerprint density at radius 1 is 1.59 bits per heavy atom. The van der Waals surface area contributed by atoms with Gasteiger partial charge in [-0.15, -0.1) is 6.58 Å². The summed E-state index contributed by atoms with van der Waals surface area (Å²) >= 11 is 0. The van der Waals surface area contributed by atoms with Gasteiger partial charge in [-0.1, -0.05) is 19.9 Å². The van der Waals surface area contributed by atoms with Crippen molar-refractivity contribution in [1.29, 1.82) is 5.26 Å².